The van der Waals surface area contributed by atoms with Gasteiger partial charge in [0.2, 0.25) is 0 Å². The van der Waals surface area contributed by atoms with Crippen LogP contribution in [0.5, 0.6) is 0 Å². The van der Waals surface area contributed by atoms with Gasteiger partial charge in [0.15, 0.2) is 0 Å². The molecule has 1 aliphatic rings. The Balaban J connectivity index is 2.18. The number of carbonyl (C=O) groups is 1. The zero-order valence-electron chi connectivity index (χ0n) is 9.07. The standard InChI is InChI=1S/C11H12Cl2N2O2/c12-9-4-3-8(10(13)14-9)11(17)15-5-1-2-7(16)6-15/h3-4,7,16H,1-2,5-6H2. The average molecular weight is 275 g/mol. The molecule has 0 aliphatic carbocycles. The predicted octanol–water partition coefficient (Wildman–Crippen LogP) is 1.99. The molecule has 1 aliphatic heterocycles. The van der Waals surface area contributed by atoms with Crippen molar-refractivity contribution in [1.29, 1.82) is 0 Å². The van der Waals surface area contributed by atoms with Crippen molar-refractivity contribution in [3.8, 4) is 0 Å². The number of aliphatic hydroxyl groups is 1. The molecule has 1 atom stereocenters. The second kappa shape index (κ2) is 5.21. The molecule has 17 heavy (non-hydrogen) atoms. The first-order chi connectivity index (χ1) is 8.08. The second-order valence-corrected chi connectivity index (χ2v) is 4.76. The summed E-state index contributed by atoms with van der Waals surface area (Å²) < 4.78 is 0. The molecule has 2 heterocycles. The van der Waals surface area contributed by atoms with E-state index < -0.39 is 6.10 Å². The number of rotatable bonds is 1. The summed E-state index contributed by atoms with van der Waals surface area (Å²) in [6.45, 7) is 0.979. The van der Waals surface area contributed by atoms with Gasteiger partial charge in [-0.05, 0) is 25.0 Å². The Bertz CT molecular complexity index is 439. The summed E-state index contributed by atoms with van der Waals surface area (Å²) in [5.74, 6) is -0.210. The molecule has 1 amide bonds. The van der Waals surface area contributed by atoms with E-state index in [0.29, 0.717) is 18.7 Å². The van der Waals surface area contributed by atoms with Gasteiger partial charge in [0.25, 0.3) is 5.91 Å². The third-order valence-electron chi connectivity index (χ3n) is 2.73. The number of hydrogen-bond donors (Lipinski definition) is 1. The van der Waals surface area contributed by atoms with Gasteiger partial charge < -0.3 is 10.0 Å². The highest BCUT2D eigenvalue weighted by molar-refractivity contribution is 6.34. The van der Waals surface area contributed by atoms with Crippen molar-refractivity contribution in [2.75, 3.05) is 13.1 Å². The maximum atomic E-state index is 12.1. The van der Waals surface area contributed by atoms with Gasteiger partial charge in [0.05, 0.1) is 11.7 Å². The van der Waals surface area contributed by atoms with E-state index in [0.717, 1.165) is 12.8 Å². The largest absolute Gasteiger partial charge is 0.391 e. The molecule has 1 aromatic heterocycles. The molecule has 1 saturated heterocycles. The van der Waals surface area contributed by atoms with Crippen molar-refractivity contribution in [1.82, 2.24) is 9.88 Å². The van der Waals surface area contributed by atoms with Crippen LogP contribution >= 0.6 is 23.2 Å². The predicted molar refractivity (Wildman–Crippen MR) is 65.4 cm³/mol. The molecular weight excluding hydrogens is 263 g/mol. The number of pyridine rings is 1. The number of likely N-dealkylation sites (tertiary alicyclic amines) is 1. The molecule has 1 N–H and O–H groups in total. The van der Waals surface area contributed by atoms with Gasteiger partial charge >= 0.3 is 0 Å². The van der Waals surface area contributed by atoms with Crippen molar-refractivity contribution < 1.29 is 9.90 Å². The fraction of sp³-hybridized carbons (Fsp3) is 0.455. The smallest absolute Gasteiger partial charge is 0.257 e. The summed E-state index contributed by atoms with van der Waals surface area (Å²) in [4.78, 5) is 17.5. The number of aliphatic hydroxyl groups excluding tert-OH is 1. The molecule has 92 valence electrons. The Morgan fingerprint density at radius 3 is 2.88 bits per heavy atom. The van der Waals surface area contributed by atoms with Crippen molar-refractivity contribution in [2.24, 2.45) is 0 Å². The van der Waals surface area contributed by atoms with E-state index in [4.69, 9.17) is 23.2 Å². The van der Waals surface area contributed by atoms with Gasteiger partial charge in [-0.3, -0.25) is 4.79 Å². The molecule has 2 rings (SSSR count). The first kappa shape index (κ1) is 12.6. The van der Waals surface area contributed by atoms with E-state index >= 15 is 0 Å². The second-order valence-electron chi connectivity index (χ2n) is 4.02. The molecule has 0 aromatic carbocycles. The summed E-state index contributed by atoms with van der Waals surface area (Å²) >= 11 is 11.5. The number of carbonyl (C=O) groups excluding carboxylic acids is 1. The van der Waals surface area contributed by atoms with E-state index in [-0.39, 0.29) is 16.2 Å². The van der Waals surface area contributed by atoms with Crippen LogP contribution in [0, 0.1) is 0 Å². The fourth-order valence-electron chi connectivity index (χ4n) is 1.88. The summed E-state index contributed by atoms with van der Waals surface area (Å²) in [7, 11) is 0. The van der Waals surface area contributed by atoms with Gasteiger partial charge in [0, 0.05) is 13.1 Å². The molecule has 1 aromatic rings. The SMILES string of the molecule is O=C(c1ccc(Cl)nc1Cl)N1CCCC(O)C1. The van der Waals surface area contributed by atoms with Gasteiger partial charge in [-0.1, -0.05) is 23.2 Å². The van der Waals surface area contributed by atoms with Crippen molar-refractivity contribution in [2.45, 2.75) is 18.9 Å². The van der Waals surface area contributed by atoms with Gasteiger partial charge in [-0.25, -0.2) is 4.98 Å². The van der Waals surface area contributed by atoms with Crippen LogP contribution in [0.15, 0.2) is 12.1 Å². The highest BCUT2D eigenvalue weighted by atomic mass is 35.5. The molecular formula is C11H12Cl2N2O2. The number of hydrogen-bond acceptors (Lipinski definition) is 3. The molecule has 0 bridgehead atoms. The molecule has 0 spiro atoms. The molecule has 4 nitrogen and oxygen atoms in total. The number of halogens is 2. The third-order valence-corrected chi connectivity index (χ3v) is 3.23. The quantitative estimate of drug-likeness (QED) is 0.797. The minimum atomic E-state index is -0.452. The lowest BCUT2D eigenvalue weighted by atomic mass is 10.1. The van der Waals surface area contributed by atoms with Gasteiger partial charge in [0.1, 0.15) is 10.3 Å². The molecule has 1 unspecified atom stereocenters. The zero-order chi connectivity index (χ0) is 12.4. The summed E-state index contributed by atoms with van der Waals surface area (Å²) in [6.07, 6.45) is 1.08. The minimum Gasteiger partial charge on any atom is -0.391 e. The first-order valence-corrected chi connectivity index (χ1v) is 6.13. The molecule has 0 radical (unpaired) electrons. The van der Waals surface area contributed by atoms with Crippen LogP contribution in [-0.2, 0) is 0 Å². The topological polar surface area (TPSA) is 53.4 Å². The first-order valence-electron chi connectivity index (χ1n) is 5.37. The third kappa shape index (κ3) is 2.89. The average Bonchev–Trinajstić information content (AvgIpc) is 2.28. The summed E-state index contributed by atoms with van der Waals surface area (Å²) in [5.41, 5.74) is 0.324. The number of nitrogens with zero attached hydrogens (tertiary/aromatic N) is 2. The van der Waals surface area contributed by atoms with Crippen LogP contribution in [0.25, 0.3) is 0 Å². The number of amides is 1. The Hall–Kier alpha value is -0.840. The number of aromatic nitrogens is 1. The van der Waals surface area contributed by atoms with E-state index in [2.05, 4.69) is 4.98 Å². The lowest BCUT2D eigenvalue weighted by molar-refractivity contribution is 0.0473. The zero-order valence-corrected chi connectivity index (χ0v) is 10.6. The normalized spacial score (nSPS) is 20.4. The molecule has 0 saturated carbocycles. The Morgan fingerprint density at radius 2 is 2.24 bits per heavy atom. The Labute approximate surface area is 109 Å². The van der Waals surface area contributed by atoms with Crippen LogP contribution in [0.1, 0.15) is 23.2 Å². The van der Waals surface area contributed by atoms with Gasteiger partial charge in [-0.15, -0.1) is 0 Å². The maximum absolute atomic E-state index is 12.1. The Kier molecular flexibility index (Phi) is 3.86. The molecule has 1 fully saturated rings. The molecule has 6 heteroatoms. The minimum absolute atomic E-state index is 0.0996. The van der Waals surface area contributed by atoms with Crippen molar-refractivity contribution >= 4 is 29.1 Å². The van der Waals surface area contributed by atoms with Crippen LogP contribution in [-0.4, -0.2) is 40.1 Å². The van der Waals surface area contributed by atoms with Crippen molar-refractivity contribution in [3.63, 3.8) is 0 Å². The fourth-order valence-corrected chi connectivity index (χ4v) is 2.31. The van der Waals surface area contributed by atoms with E-state index in [1.165, 1.54) is 6.07 Å². The number of β-amino-alcohol motifs (C(OH)–C–C–N with tert-alkyl or cyclic N) is 1. The van der Waals surface area contributed by atoms with E-state index in [9.17, 15) is 9.90 Å². The van der Waals surface area contributed by atoms with Crippen LogP contribution in [0.2, 0.25) is 10.3 Å². The van der Waals surface area contributed by atoms with Crippen LogP contribution < -0.4 is 0 Å². The van der Waals surface area contributed by atoms with Crippen LogP contribution in [0.3, 0.4) is 0 Å². The van der Waals surface area contributed by atoms with Crippen LogP contribution in [0.4, 0.5) is 0 Å². The summed E-state index contributed by atoms with van der Waals surface area (Å²) in [5, 5.41) is 9.88. The lowest BCUT2D eigenvalue weighted by Crippen LogP contribution is -2.42. The highest BCUT2D eigenvalue weighted by Crippen LogP contribution is 2.20. The van der Waals surface area contributed by atoms with Gasteiger partial charge in [-0.2, -0.15) is 0 Å². The van der Waals surface area contributed by atoms with E-state index in [1.54, 1.807) is 11.0 Å². The lowest BCUT2D eigenvalue weighted by Gasteiger charge is -2.30. The highest BCUT2D eigenvalue weighted by Gasteiger charge is 2.24. The van der Waals surface area contributed by atoms with E-state index in [1.807, 2.05) is 0 Å². The monoisotopic (exact) mass is 274 g/mol. The number of piperidine rings is 1. The Morgan fingerprint density at radius 1 is 1.47 bits per heavy atom. The summed E-state index contributed by atoms with van der Waals surface area (Å²) in [6, 6.07) is 3.09. The maximum Gasteiger partial charge on any atom is 0.257 e. The van der Waals surface area contributed by atoms with Crippen molar-refractivity contribution in [3.05, 3.63) is 28.0 Å².